The van der Waals surface area contributed by atoms with Crippen molar-refractivity contribution in [2.45, 2.75) is 31.4 Å². The minimum atomic E-state index is -0.211. The Labute approximate surface area is 165 Å². The first-order chi connectivity index (χ1) is 13.5. The molecule has 28 heavy (non-hydrogen) atoms. The third-order valence-electron chi connectivity index (χ3n) is 4.32. The molecule has 0 saturated carbocycles. The van der Waals surface area contributed by atoms with Crippen molar-refractivity contribution in [2.24, 2.45) is 5.92 Å². The van der Waals surface area contributed by atoms with Gasteiger partial charge < -0.3 is 0 Å². The predicted molar refractivity (Wildman–Crippen MR) is 110 cm³/mol. The largest absolute Gasteiger partial charge is 0.287 e. The third kappa shape index (κ3) is 3.43. The molecule has 0 N–H and O–H groups in total. The van der Waals surface area contributed by atoms with Crippen LogP contribution in [0.25, 0.3) is 21.8 Å². The molecule has 0 amide bonds. The van der Waals surface area contributed by atoms with Crippen LogP contribution in [0, 0.1) is 5.92 Å². The number of aromatic nitrogens is 5. The number of hydrogen-bond donors (Lipinski definition) is 0. The van der Waals surface area contributed by atoms with Crippen molar-refractivity contribution < 1.29 is 0 Å². The standard InChI is InChI=1S/C20H19N5O2S/c1-13(2)11-24-18(26)14-7-3-5-9-16(14)21-20(24)28-12-25-19(27)15-8-4-6-10-17(15)22-23-25/h3-10,13H,11-12H2,1-2H3. The lowest BCUT2D eigenvalue weighted by Gasteiger charge is -2.15. The number of hydrogen-bond acceptors (Lipinski definition) is 6. The number of thioether (sulfide) groups is 1. The molecule has 0 aliphatic rings. The van der Waals surface area contributed by atoms with Crippen LogP contribution >= 0.6 is 11.8 Å². The molecule has 0 unspecified atom stereocenters. The summed E-state index contributed by atoms with van der Waals surface area (Å²) in [6.45, 7) is 4.65. The lowest BCUT2D eigenvalue weighted by Crippen LogP contribution is -2.27. The van der Waals surface area contributed by atoms with Gasteiger partial charge in [-0.3, -0.25) is 14.2 Å². The quantitative estimate of drug-likeness (QED) is 0.383. The van der Waals surface area contributed by atoms with E-state index in [1.165, 1.54) is 16.4 Å². The van der Waals surface area contributed by atoms with Gasteiger partial charge in [-0.25, -0.2) is 4.98 Å². The van der Waals surface area contributed by atoms with Crippen LogP contribution in [0.5, 0.6) is 0 Å². The first-order valence-electron chi connectivity index (χ1n) is 8.99. The van der Waals surface area contributed by atoms with Crippen molar-refractivity contribution >= 4 is 33.6 Å². The molecule has 7 nitrogen and oxygen atoms in total. The van der Waals surface area contributed by atoms with Crippen molar-refractivity contribution in [3.63, 3.8) is 0 Å². The summed E-state index contributed by atoms with van der Waals surface area (Å²) in [4.78, 5) is 30.3. The van der Waals surface area contributed by atoms with Crippen molar-refractivity contribution in [1.82, 2.24) is 24.5 Å². The molecule has 2 aromatic carbocycles. The summed E-state index contributed by atoms with van der Waals surface area (Å²) in [6.07, 6.45) is 0. The molecule has 0 spiro atoms. The Balaban J connectivity index is 1.74. The van der Waals surface area contributed by atoms with Crippen molar-refractivity contribution in [1.29, 1.82) is 0 Å². The first-order valence-corrected chi connectivity index (χ1v) is 9.98. The molecule has 2 aromatic heterocycles. The number of nitrogens with zero attached hydrogens (tertiary/aromatic N) is 5. The first kappa shape index (κ1) is 18.4. The summed E-state index contributed by atoms with van der Waals surface area (Å²) in [6, 6.07) is 14.4. The molecular formula is C20H19N5O2S. The van der Waals surface area contributed by atoms with Crippen molar-refractivity contribution in [3.8, 4) is 0 Å². The smallest absolute Gasteiger partial charge is 0.278 e. The van der Waals surface area contributed by atoms with Gasteiger partial charge in [-0.15, -0.1) is 5.10 Å². The van der Waals surface area contributed by atoms with Crippen molar-refractivity contribution in [3.05, 3.63) is 69.2 Å². The highest BCUT2D eigenvalue weighted by Crippen LogP contribution is 2.20. The van der Waals surface area contributed by atoms with Gasteiger partial charge in [0.25, 0.3) is 11.1 Å². The van der Waals surface area contributed by atoms with Gasteiger partial charge in [0.1, 0.15) is 5.52 Å². The van der Waals surface area contributed by atoms with Crippen molar-refractivity contribution in [2.75, 3.05) is 0 Å². The maximum Gasteiger partial charge on any atom is 0.278 e. The summed E-state index contributed by atoms with van der Waals surface area (Å²) >= 11 is 1.31. The van der Waals surface area contributed by atoms with E-state index in [1.54, 1.807) is 28.8 Å². The number of para-hydroxylation sites is 1. The Morgan fingerprint density at radius 1 is 0.929 bits per heavy atom. The van der Waals surface area contributed by atoms with Gasteiger partial charge in [-0.2, -0.15) is 4.68 Å². The average Bonchev–Trinajstić information content (AvgIpc) is 2.70. The fraction of sp³-hybridized carbons (Fsp3) is 0.250. The molecule has 142 valence electrons. The average molecular weight is 393 g/mol. The fourth-order valence-corrected chi connectivity index (χ4v) is 3.89. The van der Waals surface area contributed by atoms with E-state index in [2.05, 4.69) is 29.1 Å². The van der Waals surface area contributed by atoms with Gasteiger partial charge in [0.2, 0.25) is 0 Å². The Kier molecular flexibility index (Phi) is 4.95. The van der Waals surface area contributed by atoms with E-state index < -0.39 is 0 Å². The predicted octanol–water partition coefficient (Wildman–Crippen LogP) is 2.91. The topological polar surface area (TPSA) is 82.7 Å². The zero-order chi connectivity index (χ0) is 19.7. The van der Waals surface area contributed by atoms with E-state index in [0.717, 1.165) is 0 Å². The Morgan fingerprint density at radius 2 is 1.57 bits per heavy atom. The molecule has 4 rings (SSSR count). The van der Waals surface area contributed by atoms with E-state index in [0.29, 0.717) is 33.5 Å². The van der Waals surface area contributed by atoms with E-state index in [1.807, 2.05) is 24.3 Å². The lowest BCUT2D eigenvalue weighted by molar-refractivity contribution is 0.474. The van der Waals surface area contributed by atoms with Crippen LogP contribution in [0.15, 0.2) is 63.3 Å². The van der Waals surface area contributed by atoms with E-state index in [-0.39, 0.29) is 22.9 Å². The Bertz CT molecular complexity index is 1280. The van der Waals surface area contributed by atoms with Crippen LogP contribution in [-0.4, -0.2) is 24.5 Å². The summed E-state index contributed by atoms with van der Waals surface area (Å²) in [5.41, 5.74) is 0.927. The number of rotatable bonds is 5. The molecule has 0 fully saturated rings. The van der Waals surface area contributed by atoms with E-state index in [4.69, 9.17) is 0 Å². The minimum Gasteiger partial charge on any atom is -0.287 e. The van der Waals surface area contributed by atoms with Gasteiger partial charge in [0.05, 0.1) is 22.2 Å². The van der Waals surface area contributed by atoms with Crippen LogP contribution in [-0.2, 0) is 12.4 Å². The zero-order valence-corrected chi connectivity index (χ0v) is 16.4. The normalized spacial score (nSPS) is 11.5. The van der Waals surface area contributed by atoms with Crippen LogP contribution in [0.3, 0.4) is 0 Å². The second-order valence-electron chi connectivity index (χ2n) is 6.91. The molecule has 8 heteroatoms. The monoisotopic (exact) mass is 393 g/mol. The van der Waals surface area contributed by atoms with Gasteiger partial charge >= 0.3 is 0 Å². The highest BCUT2D eigenvalue weighted by molar-refractivity contribution is 7.98. The molecule has 0 aliphatic carbocycles. The summed E-state index contributed by atoms with van der Waals surface area (Å²) < 4.78 is 2.98. The van der Waals surface area contributed by atoms with Crippen LogP contribution in [0.1, 0.15) is 13.8 Å². The second kappa shape index (κ2) is 7.55. The lowest BCUT2D eigenvalue weighted by atomic mass is 10.2. The highest BCUT2D eigenvalue weighted by Gasteiger charge is 2.14. The van der Waals surface area contributed by atoms with Crippen LogP contribution in [0.2, 0.25) is 0 Å². The Morgan fingerprint density at radius 3 is 2.29 bits per heavy atom. The summed E-state index contributed by atoms with van der Waals surface area (Å²) in [5.74, 6) is 0.503. The van der Waals surface area contributed by atoms with Gasteiger partial charge in [0, 0.05) is 6.54 Å². The maximum atomic E-state index is 13.0. The molecule has 4 aromatic rings. The zero-order valence-electron chi connectivity index (χ0n) is 15.6. The molecular weight excluding hydrogens is 374 g/mol. The molecule has 0 atom stereocenters. The summed E-state index contributed by atoms with van der Waals surface area (Å²) in [7, 11) is 0. The Hall–Kier alpha value is -3.00. The number of fused-ring (bicyclic) bond motifs is 2. The second-order valence-corrected chi connectivity index (χ2v) is 7.82. The molecule has 0 bridgehead atoms. The molecule has 2 heterocycles. The number of benzene rings is 2. The van der Waals surface area contributed by atoms with Gasteiger partial charge in [0.15, 0.2) is 5.16 Å². The fourth-order valence-electron chi connectivity index (χ4n) is 3.01. The molecule has 0 radical (unpaired) electrons. The highest BCUT2D eigenvalue weighted by atomic mass is 32.2. The summed E-state index contributed by atoms with van der Waals surface area (Å²) in [5, 5.41) is 9.80. The van der Waals surface area contributed by atoms with E-state index >= 15 is 0 Å². The van der Waals surface area contributed by atoms with Crippen LogP contribution < -0.4 is 11.1 Å². The molecule has 0 saturated heterocycles. The SMILES string of the molecule is CC(C)Cn1c(SCn2nnc3ccccc3c2=O)nc2ccccc2c1=O. The maximum absolute atomic E-state index is 13.0. The minimum absolute atomic E-state index is 0.0706. The van der Waals surface area contributed by atoms with Gasteiger partial charge in [-0.05, 0) is 30.2 Å². The van der Waals surface area contributed by atoms with Crippen LogP contribution in [0.4, 0.5) is 0 Å². The van der Waals surface area contributed by atoms with Gasteiger partial charge in [-0.1, -0.05) is 55.1 Å². The molecule has 0 aliphatic heterocycles. The third-order valence-corrected chi connectivity index (χ3v) is 5.26. The van der Waals surface area contributed by atoms with E-state index in [9.17, 15) is 9.59 Å².